The summed E-state index contributed by atoms with van der Waals surface area (Å²) in [5, 5.41) is 9.47. The molecule has 1 N–H and O–H groups in total. The first kappa shape index (κ1) is 13.9. The summed E-state index contributed by atoms with van der Waals surface area (Å²) in [5.74, 6) is -0.160. The topological polar surface area (TPSA) is 86.0 Å². The minimum absolute atomic E-state index is 0.136. The van der Waals surface area contributed by atoms with Crippen molar-refractivity contribution in [3.05, 3.63) is 33.7 Å². The molecule has 2 rings (SSSR count). The van der Waals surface area contributed by atoms with Gasteiger partial charge in [0.2, 0.25) is 0 Å². The molecule has 20 heavy (non-hydrogen) atoms. The number of carboxylic acids is 1. The van der Waals surface area contributed by atoms with E-state index in [1.165, 1.54) is 14.2 Å². The van der Waals surface area contributed by atoms with Crippen LogP contribution in [0.15, 0.2) is 21.3 Å². The quantitative estimate of drug-likeness (QED) is 0.857. The van der Waals surface area contributed by atoms with Crippen LogP contribution in [0.3, 0.4) is 0 Å². The maximum absolute atomic E-state index is 11.8. The minimum Gasteiger partial charge on any atom is -0.493 e. The Morgan fingerprint density at radius 2 is 1.85 bits per heavy atom. The Bertz CT molecular complexity index is 729. The van der Waals surface area contributed by atoms with Crippen LogP contribution in [0.4, 0.5) is 0 Å². The second-order valence-electron chi connectivity index (χ2n) is 4.27. The van der Waals surface area contributed by atoms with Gasteiger partial charge < -0.3 is 19.0 Å². The van der Waals surface area contributed by atoms with Gasteiger partial charge in [-0.15, -0.1) is 0 Å². The van der Waals surface area contributed by atoms with Crippen LogP contribution in [0.5, 0.6) is 11.5 Å². The molecule has 0 aliphatic carbocycles. The molecule has 0 fully saturated rings. The monoisotopic (exact) mass is 278 g/mol. The molecule has 1 aromatic carbocycles. The van der Waals surface area contributed by atoms with E-state index in [9.17, 15) is 9.59 Å². The minimum atomic E-state index is -1.08. The Hall–Kier alpha value is -2.50. The number of aliphatic carboxylic acids is 1. The summed E-state index contributed by atoms with van der Waals surface area (Å²) in [6.07, 6.45) is -0.377. The normalized spacial score (nSPS) is 10.6. The Morgan fingerprint density at radius 3 is 2.40 bits per heavy atom. The molecule has 1 heterocycles. The first-order valence-electron chi connectivity index (χ1n) is 5.88. The van der Waals surface area contributed by atoms with Crippen LogP contribution in [-0.4, -0.2) is 25.3 Å². The molecule has 0 saturated carbocycles. The van der Waals surface area contributed by atoms with Crippen LogP contribution in [0, 0.1) is 6.92 Å². The molecule has 0 spiro atoms. The summed E-state index contributed by atoms with van der Waals surface area (Å²) in [6, 6.07) is 3.21. The standard InChI is InChI=1S/C14H14O6/c1-7-8-4-11(18-2)12(19-3)6-10(8)20-14(17)9(7)5-13(15)16/h4,6H,5H2,1-3H3,(H,15,16). The van der Waals surface area contributed by atoms with Gasteiger partial charge in [-0.25, -0.2) is 4.79 Å². The molecule has 1 aromatic heterocycles. The van der Waals surface area contributed by atoms with E-state index in [0.717, 1.165) is 0 Å². The number of aryl methyl sites for hydroxylation is 1. The van der Waals surface area contributed by atoms with Crippen molar-refractivity contribution in [2.24, 2.45) is 0 Å². The van der Waals surface area contributed by atoms with Crippen molar-refractivity contribution in [1.29, 1.82) is 0 Å². The van der Waals surface area contributed by atoms with E-state index in [-0.39, 0.29) is 12.0 Å². The number of fused-ring (bicyclic) bond motifs is 1. The molecule has 0 atom stereocenters. The number of hydrogen-bond donors (Lipinski definition) is 1. The molecule has 0 aliphatic rings. The van der Waals surface area contributed by atoms with E-state index in [1.54, 1.807) is 19.1 Å². The van der Waals surface area contributed by atoms with Crippen LogP contribution in [0.1, 0.15) is 11.1 Å². The summed E-state index contributed by atoms with van der Waals surface area (Å²) >= 11 is 0. The van der Waals surface area contributed by atoms with E-state index in [1.807, 2.05) is 0 Å². The van der Waals surface area contributed by atoms with Crippen LogP contribution < -0.4 is 15.1 Å². The van der Waals surface area contributed by atoms with Crippen molar-refractivity contribution >= 4 is 16.9 Å². The van der Waals surface area contributed by atoms with Gasteiger partial charge in [-0.2, -0.15) is 0 Å². The SMILES string of the molecule is COc1cc2oc(=O)c(CC(=O)O)c(C)c2cc1OC. The Morgan fingerprint density at radius 1 is 1.25 bits per heavy atom. The fourth-order valence-corrected chi connectivity index (χ4v) is 2.07. The van der Waals surface area contributed by atoms with E-state index in [2.05, 4.69) is 0 Å². The van der Waals surface area contributed by atoms with Crippen molar-refractivity contribution in [1.82, 2.24) is 0 Å². The highest BCUT2D eigenvalue weighted by atomic mass is 16.5. The number of rotatable bonds is 4. The summed E-state index contributed by atoms with van der Waals surface area (Å²) in [7, 11) is 2.98. The molecular weight excluding hydrogens is 264 g/mol. The second-order valence-corrected chi connectivity index (χ2v) is 4.27. The second kappa shape index (κ2) is 5.24. The van der Waals surface area contributed by atoms with E-state index in [4.69, 9.17) is 19.0 Å². The van der Waals surface area contributed by atoms with Crippen molar-refractivity contribution in [2.75, 3.05) is 14.2 Å². The number of benzene rings is 1. The molecule has 0 bridgehead atoms. The Kier molecular flexibility index (Phi) is 3.65. The van der Waals surface area contributed by atoms with Crippen molar-refractivity contribution in [2.45, 2.75) is 13.3 Å². The molecule has 6 nitrogen and oxygen atoms in total. The predicted octanol–water partition coefficient (Wildman–Crippen LogP) is 1.75. The predicted molar refractivity (Wildman–Crippen MR) is 71.7 cm³/mol. The van der Waals surface area contributed by atoms with Crippen molar-refractivity contribution < 1.29 is 23.8 Å². The summed E-state index contributed by atoms with van der Waals surface area (Å²) in [5.41, 5.74) is 0.390. The van der Waals surface area contributed by atoms with Crippen LogP contribution >= 0.6 is 0 Å². The third kappa shape index (κ3) is 2.32. The third-order valence-corrected chi connectivity index (χ3v) is 3.12. The van der Waals surface area contributed by atoms with Crippen LogP contribution in [-0.2, 0) is 11.2 Å². The zero-order chi connectivity index (χ0) is 14.9. The molecule has 0 unspecified atom stereocenters. The molecule has 0 aliphatic heterocycles. The molecule has 106 valence electrons. The lowest BCUT2D eigenvalue weighted by Crippen LogP contribution is -2.14. The first-order valence-corrected chi connectivity index (χ1v) is 5.88. The van der Waals surface area contributed by atoms with Gasteiger partial charge in [-0.05, 0) is 18.6 Å². The number of methoxy groups -OCH3 is 2. The first-order chi connectivity index (χ1) is 9.47. The molecule has 2 aromatic rings. The lowest BCUT2D eigenvalue weighted by molar-refractivity contribution is -0.136. The molecule has 0 saturated heterocycles. The summed E-state index contributed by atoms with van der Waals surface area (Å²) in [6.45, 7) is 1.68. The fourth-order valence-electron chi connectivity index (χ4n) is 2.07. The molecule has 6 heteroatoms. The van der Waals surface area contributed by atoms with E-state index < -0.39 is 11.6 Å². The largest absolute Gasteiger partial charge is 0.493 e. The third-order valence-electron chi connectivity index (χ3n) is 3.12. The molecular formula is C14H14O6. The lowest BCUT2D eigenvalue weighted by Gasteiger charge is -2.11. The number of ether oxygens (including phenoxy) is 2. The molecule has 0 radical (unpaired) electrons. The Balaban J connectivity index is 2.77. The highest BCUT2D eigenvalue weighted by Crippen LogP contribution is 2.33. The molecule has 0 amide bonds. The van der Waals surface area contributed by atoms with E-state index >= 15 is 0 Å². The average molecular weight is 278 g/mol. The Labute approximate surface area is 114 Å². The zero-order valence-electron chi connectivity index (χ0n) is 11.4. The van der Waals surface area contributed by atoms with Gasteiger partial charge in [0.15, 0.2) is 11.5 Å². The van der Waals surface area contributed by atoms with Crippen LogP contribution in [0.25, 0.3) is 11.0 Å². The highest BCUT2D eigenvalue weighted by Gasteiger charge is 2.16. The number of carbonyl (C=O) groups is 1. The zero-order valence-corrected chi connectivity index (χ0v) is 11.4. The smallest absolute Gasteiger partial charge is 0.340 e. The number of hydrogen-bond acceptors (Lipinski definition) is 5. The van der Waals surface area contributed by atoms with Gasteiger partial charge in [-0.1, -0.05) is 0 Å². The maximum Gasteiger partial charge on any atom is 0.340 e. The average Bonchev–Trinajstić information content (AvgIpc) is 2.42. The fraction of sp³-hybridized carbons (Fsp3) is 0.286. The van der Waals surface area contributed by atoms with Gasteiger partial charge in [0.1, 0.15) is 5.58 Å². The van der Waals surface area contributed by atoms with Gasteiger partial charge >= 0.3 is 11.6 Å². The highest BCUT2D eigenvalue weighted by molar-refractivity contribution is 5.85. The van der Waals surface area contributed by atoms with Gasteiger partial charge in [0, 0.05) is 11.5 Å². The van der Waals surface area contributed by atoms with Gasteiger partial charge in [0.05, 0.1) is 26.2 Å². The van der Waals surface area contributed by atoms with Crippen molar-refractivity contribution in [3.63, 3.8) is 0 Å². The summed E-state index contributed by atoms with van der Waals surface area (Å²) in [4.78, 5) is 22.6. The van der Waals surface area contributed by atoms with Crippen LogP contribution in [0.2, 0.25) is 0 Å². The van der Waals surface area contributed by atoms with E-state index in [0.29, 0.717) is 28.0 Å². The number of carboxylic acid groups (broad SMARTS) is 1. The van der Waals surface area contributed by atoms with Crippen molar-refractivity contribution in [3.8, 4) is 11.5 Å². The summed E-state index contributed by atoms with van der Waals surface area (Å²) < 4.78 is 15.5. The lowest BCUT2D eigenvalue weighted by atomic mass is 10.0. The van der Waals surface area contributed by atoms with Gasteiger partial charge in [0.25, 0.3) is 0 Å². The maximum atomic E-state index is 11.8. The van der Waals surface area contributed by atoms with Gasteiger partial charge in [-0.3, -0.25) is 4.79 Å².